The average molecular weight is 236 g/mol. The van der Waals surface area contributed by atoms with Crippen LogP contribution in [0.4, 0.5) is 0 Å². The Morgan fingerprint density at radius 1 is 1.19 bits per heavy atom. The maximum Gasteiger partial charge on any atom is 0.163 e. The second-order valence-electron chi connectivity index (χ2n) is 5.12. The van der Waals surface area contributed by atoms with Gasteiger partial charge in [-0.15, -0.1) is 11.8 Å². The minimum Gasteiger partial charge on any atom is -0.294 e. The minimum atomic E-state index is 0.0634. The largest absolute Gasteiger partial charge is 0.294 e. The number of hydrogen-bond acceptors (Lipinski definition) is 2. The Bertz CT molecular complexity index is 346. The first-order valence-corrected chi connectivity index (χ1v) is 6.67. The second kappa shape index (κ2) is 5.53. The molecule has 1 aromatic rings. The maximum atomic E-state index is 11.9. The number of rotatable bonds is 4. The molecule has 0 saturated heterocycles. The van der Waals surface area contributed by atoms with E-state index in [0.717, 1.165) is 11.3 Å². The van der Waals surface area contributed by atoms with Gasteiger partial charge in [-0.25, -0.2) is 0 Å². The normalized spacial score (nSPS) is 11.5. The van der Waals surface area contributed by atoms with Crippen LogP contribution in [0.1, 0.15) is 44.5 Å². The van der Waals surface area contributed by atoms with Crippen molar-refractivity contribution in [2.75, 3.05) is 5.75 Å². The molecular weight excluding hydrogens is 216 g/mol. The molecule has 1 rings (SSSR count). The molecule has 0 unspecified atom stereocenters. The summed E-state index contributed by atoms with van der Waals surface area (Å²) in [6.07, 6.45) is 0.604. The van der Waals surface area contributed by atoms with E-state index in [1.54, 1.807) is 11.8 Å². The van der Waals surface area contributed by atoms with Crippen LogP contribution in [0.25, 0.3) is 0 Å². The molecule has 0 aliphatic rings. The third-order valence-electron chi connectivity index (χ3n) is 2.18. The van der Waals surface area contributed by atoms with Crippen molar-refractivity contribution in [1.29, 1.82) is 0 Å². The fourth-order valence-electron chi connectivity index (χ4n) is 1.49. The molecule has 0 heterocycles. The zero-order valence-corrected chi connectivity index (χ0v) is 11.4. The number of carbonyl (C=O) groups is 1. The molecule has 0 N–H and O–H groups in total. The highest BCUT2D eigenvalue weighted by molar-refractivity contribution is 7.99. The Morgan fingerprint density at radius 2 is 1.75 bits per heavy atom. The molecular formula is C14H20OS. The second-order valence-corrected chi connectivity index (χ2v) is 6.46. The third kappa shape index (κ3) is 4.40. The highest BCUT2D eigenvalue weighted by Crippen LogP contribution is 2.23. The lowest BCUT2D eigenvalue weighted by atomic mass is 9.88. The van der Waals surface area contributed by atoms with Crippen molar-refractivity contribution in [2.45, 2.75) is 39.0 Å². The average Bonchev–Trinajstić information content (AvgIpc) is 2.16. The van der Waals surface area contributed by atoms with Crippen molar-refractivity contribution < 1.29 is 4.79 Å². The van der Waals surface area contributed by atoms with Gasteiger partial charge in [0.2, 0.25) is 0 Å². The van der Waals surface area contributed by atoms with Gasteiger partial charge in [-0.2, -0.15) is 0 Å². The summed E-state index contributed by atoms with van der Waals surface area (Å²) in [5, 5.41) is 0. The molecule has 0 amide bonds. The number of ketones is 1. The smallest absolute Gasteiger partial charge is 0.163 e. The van der Waals surface area contributed by atoms with Crippen molar-refractivity contribution in [3.8, 4) is 0 Å². The van der Waals surface area contributed by atoms with Crippen LogP contribution >= 0.6 is 11.8 Å². The van der Waals surface area contributed by atoms with E-state index in [2.05, 4.69) is 27.7 Å². The van der Waals surface area contributed by atoms with E-state index in [0.29, 0.717) is 6.42 Å². The summed E-state index contributed by atoms with van der Waals surface area (Å²) in [6, 6.07) is 7.94. The van der Waals surface area contributed by atoms with E-state index in [-0.39, 0.29) is 11.2 Å². The first-order chi connectivity index (χ1) is 7.42. The maximum absolute atomic E-state index is 11.9. The van der Waals surface area contributed by atoms with Crippen LogP contribution in [-0.2, 0) is 0 Å². The van der Waals surface area contributed by atoms with Gasteiger partial charge in [0.15, 0.2) is 5.78 Å². The molecule has 0 bridgehead atoms. The standard InChI is InChI=1S/C14H20OS/c1-5-16-12-8-6-11(7-9-12)13(15)10-14(2,3)4/h6-9H,5,10H2,1-4H3. The van der Waals surface area contributed by atoms with E-state index < -0.39 is 0 Å². The molecule has 88 valence electrons. The fourth-order valence-corrected chi connectivity index (χ4v) is 2.15. The lowest BCUT2D eigenvalue weighted by molar-refractivity contribution is 0.0940. The highest BCUT2D eigenvalue weighted by Gasteiger charge is 2.16. The molecule has 16 heavy (non-hydrogen) atoms. The van der Waals surface area contributed by atoms with Gasteiger partial charge in [-0.05, 0) is 23.3 Å². The predicted octanol–water partition coefficient (Wildman–Crippen LogP) is 4.42. The van der Waals surface area contributed by atoms with E-state index >= 15 is 0 Å². The quantitative estimate of drug-likeness (QED) is 0.568. The van der Waals surface area contributed by atoms with Crippen molar-refractivity contribution in [1.82, 2.24) is 0 Å². The summed E-state index contributed by atoms with van der Waals surface area (Å²) in [5.74, 6) is 1.30. The Kier molecular flexibility index (Phi) is 4.60. The Labute approximate surface area is 103 Å². The molecule has 0 atom stereocenters. The van der Waals surface area contributed by atoms with Crippen molar-refractivity contribution in [3.63, 3.8) is 0 Å². The zero-order valence-electron chi connectivity index (χ0n) is 10.5. The molecule has 1 aromatic carbocycles. The van der Waals surface area contributed by atoms with Crippen LogP contribution < -0.4 is 0 Å². The third-order valence-corrected chi connectivity index (χ3v) is 3.07. The van der Waals surface area contributed by atoms with Crippen LogP contribution in [0.5, 0.6) is 0 Å². The summed E-state index contributed by atoms with van der Waals surface area (Å²) in [7, 11) is 0. The SMILES string of the molecule is CCSc1ccc(C(=O)CC(C)(C)C)cc1. The lowest BCUT2D eigenvalue weighted by Gasteiger charge is -2.16. The predicted molar refractivity (Wildman–Crippen MR) is 71.2 cm³/mol. The zero-order chi connectivity index (χ0) is 12.2. The Balaban J connectivity index is 2.70. The summed E-state index contributed by atoms with van der Waals surface area (Å²) in [4.78, 5) is 13.2. The number of benzene rings is 1. The molecule has 0 aromatic heterocycles. The van der Waals surface area contributed by atoms with Crippen molar-refractivity contribution in [3.05, 3.63) is 29.8 Å². The van der Waals surface area contributed by atoms with E-state index in [9.17, 15) is 4.79 Å². The van der Waals surface area contributed by atoms with Crippen molar-refractivity contribution >= 4 is 17.5 Å². The first kappa shape index (κ1) is 13.3. The van der Waals surface area contributed by atoms with Gasteiger partial charge in [0, 0.05) is 16.9 Å². The van der Waals surface area contributed by atoms with Gasteiger partial charge < -0.3 is 0 Å². The van der Waals surface area contributed by atoms with Crippen LogP contribution in [0, 0.1) is 5.41 Å². The van der Waals surface area contributed by atoms with Gasteiger partial charge in [0.05, 0.1) is 0 Å². The monoisotopic (exact) mass is 236 g/mol. The molecule has 1 nitrogen and oxygen atoms in total. The van der Waals surface area contributed by atoms with Crippen LogP contribution in [-0.4, -0.2) is 11.5 Å². The summed E-state index contributed by atoms with van der Waals surface area (Å²) < 4.78 is 0. The topological polar surface area (TPSA) is 17.1 Å². The van der Waals surface area contributed by atoms with Crippen LogP contribution in [0.2, 0.25) is 0 Å². The van der Waals surface area contributed by atoms with Crippen LogP contribution in [0.3, 0.4) is 0 Å². The first-order valence-electron chi connectivity index (χ1n) is 5.68. The van der Waals surface area contributed by atoms with Gasteiger partial charge in [-0.3, -0.25) is 4.79 Å². The Morgan fingerprint density at radius 3 is 2.19 bits per heavy atom. The molecule has 0 spiro atoms. The number of hydrogen-bond donors (Lipinski definition) is 0. The number of Topliss-reactive ketones (excluding diaryl/α,β-unsaturated/α-hetero) is 1. The van der Waals surface area contributed by atoms with Gasteiger partial charge >= 0.3 is 0 Å². The fraction of sp³-hybridized carbons (Fsp3) is 0.500. The summed E-state index contributed by atoms with van der Waals surface area (Å²) in [6.45, 7) is 8.40. The molecule has 0 aliphatic carbocycles. The van der Waals surface area contributed by atoms with Gasteiger partial charge in [-0.1, -0.05) is 39.8 Å². The van der Waals surface area contributed by atoms with Crippen LogP contribution in [0.15, 0.2) is 29.2 Å². The van der Waals surface area contributed by atoms with Gasteiger partial charge in [0.25, 0.3) is 0 Å². The Hall–Kier alpha value is -0.760. The van der Waals surface area contributed by atoms with E-state index in [1.165, 1.54) is 4.90 Å². The highest BCUT2D eigenvalue weighted by atomic mass is 32.2. The molecule has 0 saturated carbocycles. The summed E-state index contributed by atoms with van der Waals surface area (Å²) >= 11 is 1.80. The molecule has 0 aliphatic heterocycles. The van der Waals surface area contributed by atoms with E-state index in [1.807, 2.05) is 24.3 Å². The molecule has 2 heteroatoms. The summed E-state index contributed by atoms with van der Waals surface area (Å²) in [5.41, 5.74) is 0.892. The molecule has 0 fully saturated rings. The number of thioether (sulfide) groups is 1. The number of carbonyl (C=O) groups excluding carboxylic acids is 1. The van der Waals surface area contributed by atoms with E-state index in [4.69, 9.17) is 0 Å². The van der Waals surface area contributed by atoms with Crippen molar-refractivity contribution in [2.24, 2.45) is 5.41 Å². The van der Waals surface area contributed by atoms with Gasteiger partial charge in [0.1, 0.15) is 0 Å². The molecule has 0 radical (unpaired) electrons. The lowest BCUT2D eigenvalue weighted by Crippen LogP contribution is -2.12. The minimum absolute atomic E-state index is 0.0634.